The summed E-state index contributed by atoms with van der Waals surface area (Å²) >= 11 is 5.77. The number of carbonyl (C=O) groups is 3. The van der Waals surface area contributed by atoms with E-state index in [1.807, 2.05) is 0 Å². The average Bonchev–Trinajstić information content (AvgIpc) is 2.76. The highest BCUT2D eigenvalue weighted by atomic mass is 35.5. The van der Waals surface area contributed by atoms with Crippen molar-refractivity contribution in [3.8, 4) is 0 Å². The van der Waals surface area contributed by atoms with Crippen molar-refractivity contribution in [2.45, 2.75) is 32.4 Å². The van der Waals surface area contributed by atoms with Crippen molar-refractivity contribution < 1.29 is 14.4 Å². The van der Waals surface area contributed by atoms with Gasteiger partial charge in [0, 0.05) is 24.4 Å². The van der Waals surface area contributed by atoms with Crippen LogP contribution in [0.25, 0.3) is 0 Å². The Balaban J connectivity index is 1.93. The molecule has 1 atom stereocenters. The van der Waals surface area contributed by atoms with Crippen LogP contribution in [0, 0.1) is 0 Å². The zero-order valence-electron chi connectivity index (χ0n) is 11.1. The third-order valence-corrected chi connectivity index (χ3v) is 3.49. The summed E-state index contributed by atoms with van der Waals surface area (Å²) in [4.78, 5) is 36.1. The number of amides is 3. The second-order valence-electron chi connectivity index (χ2n) is 4.68. The zero-order chi connectivity index (χ0) is 14.7. The van der Waals surface area contributed by atoms with E-state index in [4.69, 9.17) is 11.6 Å². The predicted molar refractivity (Wildman–Crippen MR) is 73.8 cm³/mol. The first-order valence-corrected chi connectivity index (χ1v) is 6.74. The topological polar surface area (TPSA) is 66.5 Å². The van der Waals surface area contributed by atoms with Crippen LogP contribution in [0.15, 0.2) is 24.3 Å². The molecule has 1 aromatic rings. The van der Waals surface area contributed by atoms with E-state index >= 15 is 0 Å². The van der Waals surface area contributed by atoms with Gasteiger partial charge in [0.25, 0.3) is 0 Å². The van der Waals surface area contributed by atoms with Crippen molar-refractivity contribution in [1.82, 2.24) is 10.2 Å². The van der Waals surface area contributed by atoms with Crippen molar-refractivity contribution in [3.05, 3.63) is 34.9 Å². The third-order valence-electron chi connectivity index (χ3n) is 3.24. The van der Waals surface area contributed by atoms with Crippen molar-refractivity contribution in [3.63, 3.8) is 0 Å². The lowest BCUT2D eigenvalue weighted by Gasteiger charge is -2.21. The number of benzene rings is 1. The SMILES string of the molecule is CC(C(=O)NCc1ccc(Cl)cc1)N1C(=O)CCC1=O. The first-order valence-electron chi connectivity index (χ1n) is 6.36. The molecule has 0 radical (unpaired) electrons. The molecule has 1 aromatic carbocycles. The van der Waals surface area contributed by atoms with Gasteiger partial charge in [0.1, 0.15) is 6.04 Å². The summed E-state index contributed by atoms with van der Waals surface area (Å²) in [5, 5.41) is 3.33. The summed E-state index contributed by atoms with van der Waals surface area (Å²) in [7, 11) is 0. The van der Waals surface area contributed by atoms with Crippen molar-refractivity contribution in [2.75, 3.05) is 0 Å². The molecule has 0 bridgehead atoms. The molecule has 1 aliphatic rings. The minimum absolute atomic E-state index is 0.188. The van der Waals surface area contributed by atoms with E-state index in [0.717, 1.165) is 10.5 Å². The Morgan fingerprint density at radius 3 is 2.35 bits per heavy atom. The van der Waals surface area contributed by atoms with Gasteiger partial charge in [0.15, 0.2) is 0 Å². The van der Waals surface area contributed by atoms with Crippen molar-refractivity contribution in [1.29, 1.82) is 0 Å². The highest BCUT2D eigenvalue weighted by Crippen LogP contribution is 2.15. The molecule has 0 saturated carbocycles. The monoisotopic (exact) mass is 294 g/mol. The van der Waals surface area contributed by atoms with Gasteiger partial charge in [-0.05, 0) is 24.6 Å². The van der Waals surface area contributed by atoms with E-state index in [9.17, 15) is 14.4 Å². The van der Waals surface area contributed by atoms with E-state index in [1.165, 1.54) is 0 Å². The maximum atomic E-state index is 12.0. The molecule has 106 valence electrons. The van der Waals surface area contributed by atoms with Crippen LogP contribution in [0.3, 0.4) is 0 Å². The molecule has 2 rings (SSSR count). The minimum atomic E-state index is -0.773. The summed E-state index contributed by atoms with van der Waals surface area (Å²) in [6, 6.07) is 6.31. The number of likely N-dealkylation sites (tertiary alicyclic amines) is 1. The normalized spacial score (nSPS) is 16.4. The molecule has 3 amide bonds. The smallest absolute Gasteiger partial charge is 0.243 e. The van der Waals surface area contributed by atoms with Gasteiger partial charge in [-0.2, -0.15) is 0 Å². The van der Waals surface area contributed by atoms with Crippen molar-refractivity contribution >= 4 is 29.3 Å². The van der Waals surface area contributed by atoms with E-state index in [0.29, 0.717) is 11.6 Å². The van der Waals surface area contributed by atoms with E-state index in [1.54, 1.807) is 31.2 Å². The van der Waals surface area contributed by atoms with Crippen LogP contribution >= 0.6 is 11.6 Å². The maximum Gasteiger partial charge on any atom is 0.243 e. The van der Waals surface area contributed by atoms with Crippen LogP contribution in [-0.2, 0) is 20.9 Å². The molecule has 1 unspecified atom stereocenters. The predicted octanol–water partition coefficient (Wildman–Crippen LogP) is 1.49. The summed E-state index contributed by atoms with van der Waals surface area (Å²) < 4.78 is 0. The lowest BCUT2D eigenvalue weighted by atomic mass is 10.2. The number of imide groups is 1. The molecule has 20 heavy (non-hydrogen) atoms. The molecule has 6 heteroatoms. The second kappa shape index (κ2) is 6.05. The Bertz CT molecular complexity index is 526. The highest BCUT2D eigenvalue weighted by Gasteiger charge is 2.35. The minimum Gasteiger partial charge on any atom is -0.350 e. The molecule has 5 nitrogen and oxygen atoms in total. The van der Waals surface area contributed by atoms with Gasteiger partial charge in [-0.25, -0.2) is 0 Å². The fourth-order valence-electron chi connectivity index (χ4n) is 2.08. The molecule has 0 spiro atoms. The molecular weight excluding hydrogens is 280 g/mol. The Morgan fingerprint density at radius 2 is 1.80 bits per heavy atom. The van der Waals surface area contributed by atoms with E-state index in [-0.39, 0.29) is 30.6 Å². The van der Waals surface area contributed by atoms with E-state index < -0.39 is 6.04 Å². The molecule has 1 N–H and O–H groups in total. The number of hydrogen-bond donors (Lipinski definition) is 1. The Morgan fingerprint density at radius 1 is 1.25 bits per heavy atom. The molecule has 1 saturated heterocycles. The molecule has 1 aliphatic heterocycles. The van der Waals surface area contributed by atoms with E-state index in [2.05, 4.69) is 5.32 Å². The Labute approximate surface area is 121 Å². The van der Waals surface area contributed by atoms with Crippen LogP contribution in [0.4, 0.5) is 0 Å². The van der Waals surface area contributed by atoms with Gasteiger partial charge >= 0.3 is 0 Å². The molecule has 0 aromatic heterocycles. The summed E-state index contributed by atoms with van der Waals surface area (Å²) in [5.41, 5.74) is 0.897. The lowest BCUT2D eigenvalue weighted by molar-refractivity contribution is -0.146. The Hall–Kier alpha value is -1.88. The zero-order valence-corrected chi connectivity index (χ0v) is 11.8. The van der Waals surface area contributed by atoms with Crippen LogP contribution in [-0.4, -0.2) is 28.7 Å². The second-order valence-corrected chi connectivity index (χ2v) is 5.11. The summed E-state index contributed by atoms with van der Waals surface area (Å²) in [6.07, 6.45) is 0.376. The Kier molecular flexibility index (Phi) is 4.39. The standard InChI is InChI=1S/C14H15ClN2O3/c1-9(17-12(18)6-7-13(17)19)14(20)16-8-10-2-4-11(15)5-3-10/h2-5,9H,6-8H2,1H3,(H,16,20). The number of hydrogen-bond acceptors (Lipinski definition) is 3. The number of halogens is 1. The van der Waals surface area contributed by atoms with Crippen molar-refractivity contribution in [2.24, 2.45) is 0 Å². The average molecular weight is 295 g/mol. The highest BCUT2D eigenvalue weighted by molar-refractivity contribution is 6.30. The molecule has 1 heterocycles. The van der Waals surface area contributed by atoms with Crippen LogP contribution in [0.5, 0.6) is 0 Å². The summed E-state index contributed by atoms with van der Waals surface area (Å²) in [5.74, 6) is -0.920. The molecular formula is C14H15ClN2O3. The number of nitrogens with zero attached hydrogens (tertiary/aromatic N) is 1. The first kappa shape index (κ1) is 14.5. The lowest BCUT2D eigenvalue weighted by Crippen LogP contribution is -2.47. The maximum absolute atomic E-state index is 12.0. The number of rotatable bonds is 4. The largest absolute Gasteiger partial charge is 0.350 e. The molecule has 0 aliphatic carbocycles. The number of nitrogens with one attached hydrogen (secondary N) is 1. The first-order chi connectivity index (χ1) is 9.49. The fraction of sp³-hybridized carbons (Fsp3) is 0.357. The van der Waals surface area contributed by atoms with Gasteiger partial charge in [-0.3, -0.25) is 19.3 Å². The van der Waals surface area contributed by atoms with Crippen LogP contribution in [0.2, 0.25) is 5.02 Å². The van der Waals surface area contributed by atoms with Gasteiger partial charge in [-0.15, -0.1) is 0 Å². The molecule has 1 fully saturated rings. The summed E-state index contributed by atoms with van der Waals surface area (Å²) in [6.45, 7) is 1.88. The number of carbonyl (C=O) groups excluding carboxylic acids is 3. The van der Waals surface area contributed by atoms with Crippen LogP contribution in [0.1, 0.15) is 25.3 Å². The van der Waals surface area contributed by atoms with Gasteiger partial charge < -0.3 is 5.32 Å². The van der Waals surface area contributed by atoms with Gasteiger partial charge in [-0.1, -0.05) is 23.7 Å². The van der Waals surface area contributed by atoms with Gasteiger partial charge in [0.2, 0.25) is 17.7 Å². The van der Waals surface area contributed by atoms with Crippen LogP contribution < -0.4 is 5.32 Å². The third kappa shape index (κ3) is 3.17. The quantitative estimate of drug-likeness (QED) is 0.856. The van der Waals surface area contributed by atoms with Gasteiger partial charge in [0.05, 0.1) is 0 Å². The fourth-order valence-corrected chi connectivity index (χ4v) is 2.21.